The molecule has 0 radical (unpaired) electrons. The fourth-order valence-corrected chi connectivity index (χ4v) is 5.09. The van der Waals surface area contributed by atoms with E-state index in [0.29, 0.717) is 21.5 Å². The molecule has 0 saturated carbocycles. The molecule has 2 aromatic heterocycles. The van der Waals surface area contributed by atoms with Crippen molar-refractivity contribution in [1.82, 2.24) is 9.13 Å². The van der Waals surface area contributed by atoms with Crippen LogP contribution in [-0.2, 0) is 17.9 Å². The Morgan fingerprint density at radius 3 is 2.38 bits per heavy atom. The van der Waals surface area contributed by atoms with Crippen molar-refractivity contribution in [2.75, 3.05) is 5.32 Å². The maximum absolute atomic E-state index is 13.5. The third kappa shape index (κ3) is 4.04. The third-order valence-electron chi connectivity index (χ3n) is 5.63. The van der Waals surface area contributed by atoms with E-state index >= 15 is 0 Å². The molecule has 34 heavy (non-hydrogen) atoms. The van der Waals surface area contributed by atoms with Crippen LogP contribution >= 0.6 is 11.3 Å². The van der Waals surface area contributed by atoms with E-state index in [0.717, 1.165) is 20.2 Å². The van der Waals surface area contributed by atoms with Gasteiger partial charge < -0.3 is 5.32 Å². The van der Waals surface area contributed by atoms with Crippen molar-refractivity contribution in [1.29, 1.82) is 0 Å². The second kappa shape index (κ2) is 8.72. The standard InChI is InChI=1S/C26H20FN3O3S/c1-16-6-12-19(13-7-16)28-22(31)15-29-23-20-4-2-3-5-21(20)34-24(23)25(32)30(26(29)33)14-17-8-10-18(27)11-9-17/h2-13H,14-15H2,1H3,(H,28,31). The Hall–Kier alpha value is -4.04. The lowest BCUT2D eigenvalue weighted by atomic mass is 10.2. The first kappa shape index (κ1) is 21.8. The van der Waals surface area contributed by atoms with Crippen LogP contribution in [0.3, 0.4) is 0 Å². The number of aromatic nitrogens is 2. The number of halogens is 1. The van der Waals surface area contributed by atoms with Gasteiger partial charge in [-0.05, 0) is 42.8 Å². The van der Waals surface area contributed by atoms with Gasteiger partial charge in [-0.15, -0.1) is 11.3 Å². The van der Waals surface area contributed by atoms with Gasteiger partial charge in [0.1, 0.15) is 17.1 Å². The summed E-state index contributed by atoms with van der Waals surface area (Å²) in [5, 5.41) is 3.56. The zero-order valence-corrected chi connectivity index (χ0v) is 19.1. The predicted molar refractivity (Wildman–Crippen MR) is 133 cm³/mol. The highest BCUT2D eigenvalue weighted by Gasteiger charge is 2.20. The zero-order chi connectivity index (χ0) is 23.8. The van der Waals surface area contributed by atoms with Gasteiger partial charge in [0.2, 0.25) is 5.91 Å². The number of fused-ring (bicyclic) bond motifs is 3. The van der Waals surface area contributed by atoms with Crippen LogP contribution in [0.5, 0.6) is 0 Å². The number of hydrogen-bond acceptors (Lipinski definition) is 4. The highest BCUT2D eigenvalue weighted by atomic mass is 32.1. The Bertz CT molecular complexity index is 1650. The third-order valence-corrected chi connectivity index (χ3v) is 6.78. The quantitative estimate of drug-likeness (QED) is 0.408. The number of carbonyl (C=O) groups is 1. The number of aryl methyl sites for hydroxylation is 1. The van der Waals surface area contributed by atoms with Crippen LogP contribution in [0.1, 0.15) is 11.1 Å². The SMILES string of the molecule is Cc1ccc(NC(=O)Cn2c(=O)n(Cc3ccc(F)cc3)c(=O)c3sc4ccccc4c32)cc1. The summed E-state index contributed by atoms with van der Waals surface area (Å²) >= 11 is 1.29. The number of nitrogens with one attached hydrogen (secondary N) is 1. The predicted octanol–water partition coefficient (Wildman–Crippen LogP) is 4.51. The molecule has 0 aliphatic rings. The van der Waals surface area contributed by atoms with Gasteiger partial charge in [-0.25, -0.2) is 9.18 Å². The fourth-order valence-electron chi connectivity index (χ4n) is 3.94. The Kier molecular flexibility index (Phi) is 5.59. The molecule has 0 unspecified atom stereocenters. The highest BCUT2D eigenvalue weighted by Crippen LogP contribution is 2.30. The maximum atomic E-state index is 13.5. The van der Waals surface area contributed by atoms with Crippen LogP contribution in [0.2, 0.25) is 0 Å². The minimum Gasteiger partial charge on any atom is -0.325 e. The smallest absolute Gasteiger partial charge is 0.325 e. The van der Waals surface area contributed by atoms with Crippen LogP contribution in [0.4, 0.5) is 10.1 Å². The Balaban J connectivity index is 1.64. The molecule has 0 aliphatic heterocycles. The van der Waals surface area contributed by atoms with Gasteiger partial charge in [-0.1, -0.05) is 48.0 Å². The van der Waals surface area contributed by atoms with Crippen LogP contribution in [-0.4, -0.2) is 15.0 Å². The van der Waals surface area contributed by atoms with E-state index in [-0.39, 0.29) is 19.0 Å². The molecule has 5 aromatic rings. The highest BCUT2D eigenvalue weighted by molar-refractivity contribution is 7.25. The first-order chi connectivity index (χ1) is 16.4. The minimum absolute atomic E-state index is 0.0261. The summed E-state index contributed by atoms with van der Waals surface area (Å²) in [5.41, 5.74) is 1.72. The molecule has 1 amide bonds. The molecule has 0 spiro atoms. The Morgan fingerprint density at radius 1 is 0.941 bits per heavy atom. The van der Waals surface area contributed by atoms with Crippen LogP contribution < -0.4 is 16.6 Å². The number of carbonyl (C=O) groups excluding carboxylic acids is 1. The van der Waals surface area contributed by atoms with Gasteiger partial charge in [0, 0.05) is 15.8 Å². The topological polar surface area (TPSA) is 73.1 Å². The lowest BCUT2D eigenvalue weighted by Gasteiger charge is -2.13. The molecule has 1 N–H and O–H groups in total. The number of anilines is 1. The van der Waals surface area contributed by atoms with Crippen molar-refractivity contribution in [3.63, 3.8) is 0 Å². The lowest BCUT2D eigenvalue weighted by molar-refractivity contribution is -0.116. The maximum Gasteiger partial charge on any atom is 0.332 e. The molecular weight excluding hydrogens is 453 g/mol. The Labute approximate surface area is 197 Å². The van der Waals surface area contributed by atoms with E-state index in [2.05, 4.69) is 5.32 Å². The number of amides is 1. The Morgan fingerprint density at radius 2 is 1.65 bits per heavy atom. The summed E-state index contributed by atoms with van der Waals surface area (Å²) in [4.78, 5) is 39.8. The monoisotopic (exact) mass is 473 g/mol. The second-order valence-electron chi connectivity index (χ2n) is 8.08. The van der Waals surface area contributed by atoms with E-state index in [1.54, 1.807) is 12.1 Å². The first-order valence-electron chi connectivity index (χ1n) is 10.7. The van der Waals surface area contributed by atoms with Gasteiger partial charge >= 0.3 is 5.69 Å². The average Bonchev–Trinajstić information content (AvgIpc) is 3.22. The van der Waals surface area contributed by atoms with Crippen molar-refractivity contribution in [3.8, 4) is 0 Å². The van der Waals surface area contributed by atoms with E-state index in [1.165, 1.54) is 40.2 Å². The molecule has 2 heterocycles. The van der Waals surface area contributed by atoms with Crippen LogP contribution in [0.25, 0.3) is 20.3 Å². The number of hydrogen-bond donors (Lipinski definition) is 1. The summed E-state index contributed by atoms with van der Waals surface area (Å²) in [6.07, 6.45) is 0. The lowest BCUT2D eigenvalue weighted by Crippen LogP contribution is -2.41. The van der Waals surface area contributed by atoms with E-state index < -0.39 is 17.1 Å². The number of thiophene rings is 1. The van der Waals surface area contributed by atoms with Crippen molar-refractivity contribution in [2.45, 2.75) is 20.0 Å². The molecule has 8 heteroatoms. The van der Waals surface area contributed by atoms with Crippen molar-refractivity contribution >= 4 is 43.2 Å². The van der Waals surface area contributed by atoms with E-state index in [1.807, 2.05) is 43.3 Å². The summed E-state index contributed by atoms with van der Waals surface area (Å²) in [5.74, 6) is -0.782. The van der Waals surface area contributed by atoms with Gasteiger partial charge in [-0.3, -0.25) is 18.7 Å². The molecule has 0 atom stereocenters. The first-order valence-corrected chi connectivity index (χ1v) is 11.5. The molecular formula is C26H20FN3O3S. The van der Waals surface area contributed by atoms with E-state index in [9.17, 15) is 18.8 Å². The summed E-state index contributed by atoms with van der Waals surface area (Å²) in [6.45, 7) is 1.67. The molecule has 3 aromatic carbocycles. The molecule has 5 rings (SSSR count). The van der Waals surface area contributed by atoms with Crippen molar-refractivity contribution < 1.29 is 9.18 Å². The number of nitrogens with zero attached hydrogens (tertiary/aromatic N) is 2. The number of benzene rings is 3. The molecule has 0 bridgehead atoms. The molecule has 170 valence electrons. The van der Waals surface area contributed by atoms with E-state index in [4.69, 9.17) is 0 Å². The normalized spacial score (nSPS) is 11.2. The minimum atomic E-state index is -0.593. The molecule has 0 fully saturated rings. The number of rotatable bonds is 5. The molecule has 0 saturated heterocycles. The van der Waals surface area contributed by atoms with Crippen molar-refractivity contribution in [2.24, 2.45) is 0 Å². The van der Waals surface area contributed by atoms with Gasteiger partial charge in [0.15, 0.2) is 0 Å². The summed E-state index contributed by atoms with van der Waals surface area (Å²) < 4.78 is 17.0. The van der Waals surface area contributed by atoms with Crippen LogP contribution in [0.15, 0.2) is 82.4 Å². The van der Waals surface area contributed by atoms with Gasteiger partial charge in [0.25, 0.3) is 5.56 Å². The largest absolute Gasteiger partial charge is 0.332 e. The molecule has 0 aliphatic carbocycles. The summed E-state index contributed by atoms with van der Waals surface area (Å²) in [6, 6.07) is 20.4. The van der Waals surface area contributed by atoms with Gasteiger partial charge in [-0.2, -0.15) is 0 Å². The fraction of sp³-hybridized carbons (Fsp3) is 0.115. The average molecular weight is 474 g/mol. The zero-order valence-electron chi connectivity index (χ0n) is 18.2. The second-order valence-corrected chi connectivity index (χ2v) is 9.13. The van der Waals surface area contributed by atoms with Crippen LogP contribution in [0, 0.1) is 12.7 Å². The summed E-state index contributed by atoms with van der Waals surface area (Å²) in [7, 11) is 0. The van der Waals surface area contributed by atoms with Gasteiger partial charge in [0.05, 0.1) is 12.1 Å². The molecule has 6 nitrogen and oxygen atoms in total. The van der Waals surface area contributed by atoms with Crippen molar-refractivity contribution in [3.05, 3.63) is 111 Å².